The fourth-order valence-corrected chi connectivity index (χ4v) is 2.37. The van der Waals surface area contributed by atoms with Crippen LogP contribution >= 0.6 is 0 Å². The Morgan fingerprint density at radius 3 is 2.43 bits per heavy atom. The lowest BCUT2D eigenvalue weighted by molar-refractivity contribution is -0.363. The van der Waals surface area contributed by atoms with Crippen LogP contribution in [-0.4, -0.2) is 30.3 Å². The highest BCUT2D eigenvalue weighted by molar-refractivity contribution is 5.99. The van der Waals surface area contributed by atoms with Gasteiger partial charge in [0.2, 0.25) is 0 Å². The first-order valence-corrected chi connectivity index (χ1v) is 8.18. The molecule has 1 aromatic carbocycles. The van der Waals surface area contributed by atoms with E-state index in [1.165, 1.54) is 31.3 Å². The quantitative estimate of drug-likeness (QED) is 0.444. The SMILES string of the molecule is CCOC(=O)[C@@](NC(=O)c1ccccc1F)(Nc1cc(C)cc[nH+]1)C(F)(F)F. The molecule has 0 aliphatic carbocycles. The molecule has 10 heteroatoms. The molecule has 0 saturated carbocycles. The van der Waals surface area contributed by atoms with Crippen molar-refractivity contribution in [1.29, 1.82) is 0 Å². The number of benzene rings is 1. The number of aromatic nitrogens is 1. The Morgan fingerprint density at radius 2 is 1.86 bits per heavy atom. The maximum atomic E-state index is 14.0. The number of rotatable bonds is 6. The Labute approximate surface area is 157 Å². The van der Waals surface area contributed by atoms with Crippen LogP contribution in [0.15, 0.2) is 42.6 Å². The minimum atomic E-state index is -5.32. The van der Waals surface area contributed by atoms with Gasteiger partial charge in [0.15, 0.2) is 0 Å². The lowest BCUT2D eigenvalue weighted by atomic mass is 10.1. The highest BCUT2D eigenvalue weighted by Gasteiger charge is 2.68. The van der Waals surface area contributed by atoms with Gasteiger partial charge in [0, 0.05) is 6.07 Å². The van der Waals surface area contributed by atoms with E-state index in [0.29, 0.717) is 5.56 Å². The van der Waals surface area contributed by atoms with Gasteiger partial charge >= 0.3 is 17.8 Å². The minimum absolute atomic E-state index is 0.209. The number of aryl methyl sites for hydroxylation is 1. The van der Waals surface area contributed by atoms with Gasteiger partial charge in [0.05, 0.1) is 18.4 Å². The first-order chi connectivity index (χ1) is 13.1. The molecule has 1 atom stereocenters. The van der Waals surface area contributed by atoms with Gasteiger partial charge in [-0.2, -0.15) is 13.2 Å². The Hall–Kier alpha value is -3.17. The molecule has 0 fully saturated rings. The van der Waals surface area contributed by atoms with Crippen molar-refractivity contribution in [1.82, 2.24) is 5.32 Å². The number of halogens is 4. The van der Waals surface area contributed by atoms with Crippen molar-refractivity contribution < 1.29 is 36.9 Å². The van der Waals surface area contributed by atoms with E-state index >= 15 is 0 Å². The number of amides is 1. The van der Waals surface area contributed by atoms with Crippen LogP contribution in [0.4, 0.5) is 23.4 Å². The molecule has 2 aromatic rings. The van der Waals surface area contributed by atoms with Crippen molar-refractivity contribution in [2.24, 2.45) is 0 Å². The van der Waals surface area contributed by atoms with Gasteiger partial charge in [-0.25, -0.2) is 19.5 Å². The molecule has 0 bridgehead atoms. The van der Waals surface area contributed by atoms with Crippen molar-refractivity contribution in [2.45, 2.75) is 25.7 Å². The van der Waals surface area contributed by atoms with Crippen LogP contribution in [0.5, 0.6) is 0 Å². The molecular formula is C18H18F4N3O3+. The van der Waals surface area contributed by atoms with Gasteiger partial charge in [-0.3, -0.25) is 10.1 Å². The number of alkyl halides is 3. The Morgan fingerprint density at radius 1 is 1.18 bits per heavy atom. The minimum Gasteiger partial charge on any atom is -0.461 e. The third kappa shape index (κ3) is 4.38. The summed E-state index contributed by atoms with van der Waals surface area (Å²) in [5, 5.41) is 3.54. The summed E-state index contributed by atoms with van der Waals surface area (Å²) in [5.74, 6) is -4.48. The van der Waals surface area contributed by atoms with E-state index in [1.54, 1.807) is 18.3 Å². The molecule has 0 aliphatic heterocycles. The molecule has 28 heavy (non-hydrogen) atoms. The normalized spacial score (nSPS) is 13.4. The highest BCUT2D eigenvalue weighted by Crippen LogP contribution is 2.33. The number of carbonyl (C=O) groups excluding carboxylic acids is 2. The molecule has 3 N–H and O–H groups in total. The molecule has 150 valence electrons. The molecular weight excluding hydrogens is 382 g/mol. The second-order valence-corrected chi connectivity index (χ2v) is 5.81. The monoisotopic (exact) mass is 400 g/mol. The summed E-state index contributed by atoms with van der Waals surface area (Å²) in [6.07, 6.45) is -3.97. The van der Waals surface area contributed by atoms with Crippen molar-refractivity contribution in [3.63, 3.8) is 0 Å². The van der Waals surface area contributed by atoms with Crippen LogP contribution in [0.2, 0.25) is 0 Å². The summed E-state index contributed by atoms with van der Waals surface area (Å²) in [4.78, 5) is 27.2. The fraction of sp³-hybridized carbons (Fsp3) is 0.278. The molecule has 1 heterocycles. The van der Waals surface area contributed by atoms with Crippen molar-refractivity contribution >= 4 is 17.7 Å². The molecule has 2 rings (SSSR count). The number of ether oxygens (including phenoxy) is 1. The predicted octanol–water partition coefficient (Wildman–Crippen LogP) is 2.61. The number of aromatic amines is 1. The number of H-pyrrole nitrogens is 1. The van der Waals surface area contributed by atoms with Crippen LogP contribution in [0.1, 0.15) is 22.8 Å². The second-order valence-electron chi connectivity index (χ2n) is 5.81. The number of pyridine rings is 1. The molecule has 1 aromatic heterocycles. The van der Waals surface area contributed by atoms with E-state index in [9.17, 15) is 27.2 Å². The Kier molecular flexibility index (Phi) is 6.22. The standard InChI is InChI=1S/C18H17F4N3O3/c1-3-28-16(27)17(18(20,21)22,24-14-10-11(2)8-9-23-14)25-15(26)12-6-4-5-7-13(12)19/h4-10H,3H2,1-2H3,(H,23,24)(H,25,26)/p+1/t17-/m0/s1. The van der Waals surface area contributed by atoms with E-state index in [4.69, 9.17) is 0 Å². The van der Waals surface area contributed by atoms with E-state index < -0.39 is 35.1 Å². The van der Waals surface area contributed by atoms with Crippen molar-refractivity contribution in [3.8, 4) is 0 Å². The topological polar surface area (TPSA) is 81.6 Å². The number of esters is 1. The molecule has 6 nitrogen and oxygen atoms in total. The summed E-state index contributed by atoms with van der Waals surface area (Å²) in [7, 11) is 0. The van der Waals surface area contributed by atoms with Crippen LogP contribution < -0.4 is 15.6 Å². The van der Waals surface area contributed by atoms with E-state index in [-0.39, 0.29) is 12.4 Å². The van der Waals surface area contributed by atoms with Gasteiger partial charge in [-0.1, -0.05) is 12.1 Å². The first-order valence-electron chi connectivity index (χ1n) is 8.18. The maximum absolute atomic E-state index is 14.0. The Bertz CT molecular complexity index is 873. The average molecular weight is 400 g/mol. The van der Waals surface area contributed by atoms with E-state index in [0.717, 1.165) is 12.1 Å². The second kappa shape index (κ2) is 8.24. The zero-order chi connectivity index (χ0) is 20.9. The summed E-state index contributed by atoms with van der Waals surface area (Å²) in [6.45, 7) is 2.57. The van der Waals surface area contributed by atoms with E-state index in [2.05, 4.69) is 9.72 Å². The summed E-state index contributed by atoms with van der Waals surface area (Å²) >= 11 is 0. The molecule has 1 amide bonds. The fourth-order valence-electron chi connectivity index (χ4n) is 2.37. The largest absolute Gasteiger partial charge is 0.464 e. The highest BCUT2D eigenvalue weighted by atomic mass is 19.4. The van der Waals surface area contributed by atoms with Gasteiger partial charge in [0.1, 0.15) is 5.82 Å². The van der Waals surface area contributed by atoms with Crippen molar-refractivity contribution in [2.75, 3.05) is 11.9 Å². The number of nitrogens with one attached hydrogen (secondary N) is 3. The average Bonchev–Trinajstić information content (AvgIpc) is 2.60. The van der Waals surface area contributed by atoms with Gasteiger partial charge in [0.25, 0.3) is 11.7 Å². The maximum Gasteiger partial charge on any atom is 0.464 e. The van der Waals surface area contributed by atoms with Crippen LogP contribution in [0.3, 0.4) is 0 Å². The molecule has 0 aliphatic rings. The summed E-state index contributed by atoms with van der Waals surface area (Å²) in [6, 6.07) is 7.34. The molecule has 0 radical (unpaired) electrons. The molecule has 0 unspecified atom stereocenters. The summed E-state index contributed by atoms with van der Waals surface area (Å²) < 4.78 is 60.5. The number of anilines is 1. The van der Waals surface area contributed by atoms with Crippen LogP contribution in [0, 0.1) is 12.7 Å². The smallest absolute Gasteiger partial charge is 0.461 e. The predicted molar refractivity (Wildman–Crippen MR) is 90.6 cm³/mol. The Balaban J connectivity index is 2.54. The van der Waals surface area contributed by atoms with Gasteiger partial charge in [-0.05, 0) is 37.6 Å². The molecule has 0 spiro atoms. The lowest BCUT2D eigenvalue weighted by Crippen LogP contribution is -2.69. The number of hydrogen-bond acceptors (Lipinski definition) is 4. The lowest BCUT2D eigenvalue weighted by Gasteiger charge is -2.30. The third-order valence-corrected chi connectivity index (χ3v) is 3.71. The van der Waals surface area contributed by atoms with Crippen LogP contribution in [-0.2, 0) is 9.53 Å². The van der Waals surface area contributed by atoms with Crippen LogP contribution in [0.25, 0.3) is 0 Å². The summed E-state index contributed by atoms with van der Waals surface area (Å²) in [5.41, 5.74) is -3.72. The third-order valence-electron chi connectivity index (χ3n) is 3.71. The number of hydrogen-bond donors (Lipinski definition) is 2. The zero-order valence-electron chi connectivity index (χ0n) is 15.0. The van der Waals surface area contributed by atoms with E-state index in [1.807, 2.05) is 5.32 Å². The van der Waals surface area contributed by atoms with Gasteiger partial charge < -0.3 is 4.74 Å². The molecule has 0 saturated heterocycles. The first kappa shape index (κ1) is 21.1. The number of carbonyl (C=O) groups is 2. The van der Waals surface area contributed by atoms with Gasteiger partial charge in [-0.15, -0.1) is 0 Å². The zero-order valence-corrected chi connectivity index (χ0v) is 15.0. The van der Waals surface area contributed by atoms with Crippen molar-refractivity contribution in [3.05, 3.63) is 59.5 Å².